The van der Waals surface area contributed by atoms with Crippen LogP contribution in [0.25, 0.3) is 0 Å². The standard InChI is InChI=1S/C25H33ClN4O3/c1-6-30(20-7-9-29(10-8-20)18(5)31)23-13-19(26)12-21(17(23)4)24(32)27-14-22-15(2)11-16(3)28-25(22)33/h11-13,20,22H,6-10,14H2,1-5H3,(H,27,32). The number of piperidine rings is 1. The normalized spacial score (nSPS) is 19.2. The van der Waals surface area contributed by atoms with Crippen molar-refractivity contribution in [2.75, 3.05) is 31.1 Å². The number of halogens is 1. The third kappa shape index (κ3) is 5.64. The summed E-state index contributed by atoms with van der Waals surface area (Å²) in [6.45, 7) is 11.7. The van der Waals surface area contributed by atoms with Crippen molar-refractivity contribution in [1.82, 2.24) is 10.2 Å². The molecular formula is C25H33ClN4O3. The smallest absolute Gasteiger partial charge is 0.254 e. The minimum atomic E-state index is -0.449. The largest absolute Gasteiger partial charge is 0.368 e. The average Bonchev–Trinajstić information content (AvgIpc) is 2.75. The molecule has 178 valence electrons. The van der Waals surface area contributed by atoms with Crippen LogP contribution in [-0.4, -0.2) is 60.6 Å². The average molecular weight is 473 g/mol. The van der Waals surface area contributed by atoms with Gasteiger partial charge in [0, 0.05) is 61.1 Å². The van der Waals surface area contributed by atoms with Crippen LogP contribution in [0.4, 0.5) is 5.69 Å². The molecule has 1 N–H and O–H groups in total. The van der Waals surface area contributed by atoms with Crippen LogP contribution >= 0.6 is 11.6 Å². The van der Waals surface area contributed by atoms with Gasteiger partial charge in [-0.3, -0.25) is 14.4 Å². The number of allylic oxidation sites excluding steroid dienone is 1. The summed E-state index contributed by atoms with van der Waals surface area (Å²) >= 11 is 6.44. The fourth-order valence-electron chi connectivity index (χ4n) is 4.76. The summed E-state index contributed by atoms with van der Waals surface area (Å²) in [7, 11) is 0. The molecule has 1 saturated heterocycles. The molecule has 7 nitrogen and oxygen atoms in total. The first-order valence-corrected chi connectivity index (χ1v) is 11.9. The highest BCUT2D eigenvalue weighted by Gasteiger charge is 2.28. The number of carbonyl (C=O) groups excluding carboxylic acids is 3. The molecule has 1 aromatic carbocycles. The molecule has 1 atom stereocenters. The van der Waals surface area contributed by atoms with Crippen LogP contribution in [-0.2, 0) is 9.59 Å². The molecule has 0 saturated carbocycles. The summed E-state index contributed by atoms with van der Waals surface area (Å²) in [5.41, 5.74) is 3.86. The van der Waals surface area contributed by atoms with Crippen LogP contribution in [0.5, 0.6) is 0 Å². The minimum Gasteiger partial charge on any atom is -0.368 e. The number of anilines is 1. The van der Waals surface area contributed by atoms with E-state index in [4.69, 9.17) is 11.6 Å². The topological polar surface area (TPSA) is 82.1 Å². The predicted molar refractivity (Wildman–Crippen MR) is 132 cm³/mol. The van der Waals surface area contributed by atoms with Crippen molar-refractivity contribution >= 4 is 40.7 Å². The van der Waals surface area contributed by atoms with Crippen LogP contribution in [0.1, 0.15) is 56.5 Å². The molecule has 3 rings (SSSR count). The van der Waals surface area contributed by atoms with Gasteiger partial charge < -0.3 is 15.1 Å². The number of hydrogen-bond donors (Lipinski definition) is 1. The number of amides is 3. The summed E-state index contributed by atoms with van der Waals surface area (Å²) in [4.78, 5) is 45.2. The monoisotopic (exact) mass is 472 g/mol. The second-order valence-corrected chi connectivity index (χ2v) is 9.30. The van der Waals surface area contributed by atoms with Crippen molar-refractivity contribution in [3.8, 4) is 0 Å². The molecule has 0 spiro atoms. The predicted octanol–water partition coefficient (Wildman–Crippen LogP) is 3.78. The number of nitrogens with one attached hydrogen (secondary N) is 1. The number of nitrogens with zero attached hydrogens (tertiary/aromatic N) is 3. The molecule has 1 fully saturated rings. The molecule has 2 aliphatic rings. The summed E-state index contributed by atoms with van der Waals surface area (Å²) in [5.74, 6) is -0.831. The molecule has 1 aromatic rings. The van der Waals surface area contributed by atoms with E-state index in [1.54, 1.807) is 19.9 Å². The van der Waals surface area contributed by atoms with Crippen LogP contribution in [0.3, 0.4) is 0 Å². The molecule has 8 heteroatoms. The molecule has 2 heterocycles. The first-order valence-electron chi connectivity index (χ1n) is 11.5. The summed E-state index contributed by atoms with van der Waals surface area (Å²) in [5, 5.41) is 3.39. The van der Waals surface area contributed by atoms with E-state index in [1.165, 1.54) is 0 Å². The van der Waals surface area contributed by atoms with Crippen molar-refractivity contribution in [3.63, 3.8) is 0 Å². The zero-order valence-corrected chi connectivity index (χ0v) is 20.8. The van der Waals surface area contributed by atoms with Crippen LogP contribution in [0.2, 0.25) is 5.02 Å². The third-order valence-electron chi connectivity index (χ3n) is 6.63. The molecule has 1 unspecified atom stereocenters. The number of aliphatic imine (C=N–C) groups is 1. The van der Waals surface area contributed by atoms with Crippen molar-refractivity contribution in [2.24, 2.45) is 10.9 Å². The number of hydrogen-bond acceptors (Lipinski definition) is 4. The van der Waals surface area contributed by atoms with Crippen molar-refractivity contribution in [3.05, 3.63) is 39.9 Å². The molecule has 0 aromatic heterocycles. The Hall–Kier alpha value is -2.67. The van der Waals surface area contributed by atoms with Gasteiger partial charge in [0.25, 0.3) is 11.8 Å². The molecule has 0 radical (unpaired) electrons. The van der Waals surface area contributed by atoms with E-state index in [9.17, 15) is 14.4 Å². The number of benzene rings is 1. The first-order chi connectivity index (χ1) is 15.6. The van der Waals surface area contributed by atoms with Gasteiger partial charge in [0.2, 0.25) is 5.91 Å². The molecule has 3 amide bonds. The van der Waals surface area contributed by atoms with E-state index in [1.807, 2.05) is 30.9 Å². The Morgan fingerprint density at radius 3 is 2.45 bits per heavy atom. The maximum Gasteiger partial charge on any atom is 0.254 e. The number of carbonyl (C=O) groups is 3. The Bertz CT molecular complexity index is 1010. The van der Waals surface area contributed by atoms with Crippen LogP contribution < -0.4 is 10.2 Å². The Morgan fingerprint density at radius 1 is 1.21 bits per heavy atom. The molecule has 2 aliphatic heterocycles. The van der Waals surface area contributed by atoms with Gasteiger partial charge in [-0.2, -0.15) is 0 Å². The van der Waals surface area contributed by atoms with Gasteiger partial charge in [-0.05, 0) is 64.3 Å². The van der Waals surface area contributed by atoms with Gasteiger partial charge in [0.1, 0.15) is 0 Å². The number of rotatable bonds is 6. The molecular weight excluding hydrogens is 440 g/mol. The fourth-order valence-corrected chi connectivity index (χ4v) is 4.98. The van der Waals surface area contributed by atoms with Crippen LogP contribution in [0.15, 0.2) is 28.8 Å². The summed E-state index contributed by atoms with van der Waals surface area (Å²) < 4.78 is 0. The highest BCUT2D eigenvalue weighted by Crippen LogP contribution is 2.32. The van der Waals surface area contributed by atoms with E-state index in [0.29, 0.717) is 16.3 Å². The maximum atomic E-state index is 13.1. The molecule has 33 heavy (non-hydrogen) atoms. The molecule has 0 bridgehead atoms. The highest BCUT2D eigenvalue weighted by atomic mass is 35.5. The lowest BCUT2D eigenvalue weighted by Gasteiger charge is -2.40. The second-order valence-electron chi connectivity index (χ2n) is 8.86. The summed E-state index contributed by atoms with van der Waals surface area (Å²) in [6, 6.07) is 3.85. The van der Waals surface area contributed by atoms with Gasteiger partial charge >= 0.3 is 0 Å². The van der Waals surface area contributed by atoms with E-state index < -0.39 is 5.92 Å². The number of dihydropyridines is 1. The van der Waals surface area contributed by atoms with Gasteiger partial charge in [0.05, 0.1) is 5.92 Å². The van der Waals surface area contributed by atoms with E-state index >= 15 is 0 Å². The lowest BCUT2D eigenvalue weighted by Crippen LogP contribution is -2.46. The minimum absolute atomic E-state index is 0.108. The fraction of sp³-hybridized carbons (Fsp3) is 0.520. The zero-order chi connectivity index (χ0) is 24.3. The van der Waals surface area contributed by atoms with E-state index in [-0.39, 0.29) is 30.3 Å². The lowest BCUT2D eigenvalue weighted by atomic mass is 9.95. The van der Waals surface area contributed by atoms with E-state index in [0.717, 1.165) is 49.3 Å². The van der Waals surface area contributed by atoms with Gasteiger partial charge in [-0.15, -0.1) is 0 Å². The van der Waals surface area contributed by atoms with Crippen molar-refractivity contribution in [2.45, 2.75) is 53.5 Å². The van der Waals surface area contributed by atoms with E-state index in [2.05, 4.69) is 22.1 Å². The molecule has 0 aliphatic carbocycles. The number of likely N-dealkylation sites (tertiary alicyclic amines) is 1. The van der Waals surface area contributed by atoms with Gasteiger partial charge in [0.15, 0.2) is 0 Å². The highest BCUT2D eigenvalue weighted by molar-refractivity contribution is 6.31. The quantitative estimate of drug-likeness (QED) is 0.683. The van der Waals surface area contributed by atoms with Crippen molar-refractivity contribution < 1.29 is 14.4 Å². The van der Waals surface area contributed by atoms with Gasteiger partial charge in [-0.25, -0.2) is 4.99 Å². The SMILES string of the molecule is CCN(c1cc(Cl)cc(C(=O)NCC2C(=O)N=C(C)C=C2C)c1C)C1CCN(C(C)=O)CC1. The maximum absolute atomic E-state index is 13.1. The lowest BCUT2D eigenvalue weighted by molar-refractivity contribution is -0.129. The summed E-state index contributed by atoms with van der Waals surface area (Å²) in [6.07, 6.45) is 3.62. The van der Waals surface area contributed by atoms with Crippen LogP contribution in [0, 0.1) is 12.8 Å². The zero-order valence-electron chi connectivity index (χ0n) is 20.1. The Kier molecular flexibility index (Phi) is 7.95. The Morgan fingerprint density at radius 2 is 1.88 bits per heavy atom. The Balaban J connectivity index is 1.77. The van der Waals surface area contributed by atoms with Gasteiger partial charge in [-0.1, -0.05) is 17.2 Å². The third-order valence-corrected chi connectivity index (χ3v) is 6.85. The Labute approximate surface area is 200 Å². The second kappa shape index (κ2) is 10.5. The van der Waals surface area contributed by atoms with Crippen molar-refractivity contribution in [1.29, 1.82) is 0 Å². The first kappa shape index (κ1) is 25.0.